The Bertz CT molecular complexity index is 1010. The Balaban J connectivity index is 1.80. The van der Waals surface area contributed by atoms with Gasteiger partial charge in [0.1, 0.15) is 11.6 Å². The monoisotopic (exact) mass is 380 g/mol. The van der Waals surface area contributed by atoms with Crippen LogP contribution in [0.2, 0.25) is 0 Å². The molecule has 0 bridgehead atoms. The zero-order valence-corrected chi connectivity index (χ0v) is 15.5. The molecular weight excluding hydrogens is 358 g/mol. The molecule has 1 aromatic heterocycles. The quantitative estimate of drug-likeness (QED) is 0.652. The summed E-state index contributed by atoms with van der Waals surface area (Å²) in [5, 5.41) is 0. The Morgan fingerprint density at radius 3 is 2.39 bits per heavy atom. The summed E-state index contributed by atoms with van der Waals surface area (Å²) in [7, 11) is 0. The van der Waals surface area contributed by atoms with Crippen LogP contribution in [0, 0.1) is 11.6 Å². The maximum Gasteiger partial charge on any atom is 0.259 e. The Kier molecular flexibility index (Phi) is 5.35. The van der Waals surface area contributed by atoms with Gasteiger partial charge in [-0.15, -0.1) is 0 Å². The van der Waals surface area contributed by atoms with Crippen molar-refractivity contribution >= 4 is 0 Å². The third-order valence-corrected chi connectivity index (χ3v) is 5.34. The Hall–Kier alpha value is -2.79. The fourth-order valence-electron chi connectivity index (χ4n) is 3.90. The van der Waals surface area contributed by atoms with Gasteiger partial charge in [0.05, 0.1) is 11.6 Å². The number of nitrogens with zero attached hydrogens (tertiary/aromatic N) is 2. The summed E-state index contributed by atoms with van der Waals surface area (Å²) in [6.45, 7) is 2.73. The van der Waals surface area contributed by atoms with E-state index in [-0.39, 0.29) is 22.7 Å². The first kappa shape index (κ1) is 18.6. The molecule has 1 saturated heterocycles. The highest BCUT2D eigenvalue weighted by Gasteiger charge is 2.22. The lowest BCUT2D eigenvalue weighted by Crippen LogP contribution is -2.34. The molecule has 1 atom stereocenters. The van der Waals surface area contributed by atoms with Crippen molar-refractivity contribution in [3.05, 3.63) is 94.4 Å². The Morgan fingerprint density at radius 2 is 1.64 bits per heavy atom. The molecule has 0 N–H and O–H groups in total. The smallest absolute Gasteiger partial charge is 0.259 e. The van der Waals surface area contributed by atoms with Crippen molar-refractivity contribution < 1.29 is 8.78 Å². The van der Waals surface area contributed by atoms with Crippen molar-refractivity contribution in [3.8, 4) is 11.1 Å². The van der Waals surface area contributed by atoms with Gasteiger partial charge < -0.3 is 9.47 Å². The molecule has 5 heteroatoms. The minimum Gasteiger partial charge on any atom is -0.306 e. The molecule has 2 heterocycles. The standard InChI is InChI=1S/C23H22F2N2O/c24-18-10-11-21(25)20(15-18)19-9-6-14-27(23(19)28)22(16-26-12-4-5-13-26)17-7-2-1-3-8-17/h1-3,6-11,14-15,22H,4-5,12-13,16H2. The summed E-state index contributed by atoms with van der Waals surface area (Å²) in [5.74, 6) is -1.17. The maximum atomic E-state index is 14.3. The van der Waals surface area contributed by atoms with Gasteiger partial charge in [-0.3, -0.25) is 4.79 Å². The summed E-state index contributed by atoms with van der Waals surface area (Å²) in [4.78, 5) is 15.6. The van der Waals surface area contributed by atoms with Gasteiger partial charge in [0.2, 0.25) is 0 Å². The van der Waals surface area contributed by atoms with E-state index in [2.05, 4.69) is 4.90 Å². The summed E-state index contributed by atoms with van der Waals surface area (Å²) >= 11 is 0. The normalized spacial score (nSPS) is 15.6. The van der Waals surface area contributed by atoms with Crippen LogP contribution >= 0.6 is 0 Å². The predicted octanol–water partition coefficient (Wildman–Crippen LogP) is 4.48. The van der Waals surface area contributed by atoms with Crippen molar-refractivity contribution in [2.45, 2.75) is 18.9 Å². The van der Waals surface area contributed by atoms with Crippen LogP contribution < -0.4 is 5.56 Å². The lowest BCUT2D eigenvalue weighted by atomic mass is 10.0. The number of benzene rings is 2. The van der Waals surface area contributed by atoms with Crippen LogP contribution in [0.3, 0.4) is 0 Å². The van der Waals surface area contributed by atoms with Gasteiger partial charge in [0.25, 0.3) is 5.56 Å². The lowest BCUT2D eigenvalue weighted by Gasteiger charge is -2.26. The number of pyridine rings is 1. The van der Waals surface area contributed by atoms with Gasteiger partial charge in [-0.2, -0.15) is 0 Å². The van der Waals surface area contributed by atoms with E-state index in [9.17, 15) is 13.6 Å². The number of halogens is 2. The van der Waals surface area contributed by atoms with Gasteiger partial charge >= 0.3 is 0 Å². The number of hydrogen-bond donors (Lipinski definition) is 0. The Morgan fingerprint density at radius 1 is 0.893 bits per heavy atom. The third-order valence-electron chi connectivity index (χ3n) is 5.34. The number of rotatable bonds is 5. The van der Waals surface area contributed by atoms with Crippen molar-refractivity contribution in [2.24, 2.45) is 0 Å². The maximum absolute atomic E-state index is 14.3. The number of hydrogen-bond acceptors (Lipinski definition) is 2. The van der Waals surface area contributed by atoms with E-state index in [1.807, 2.05) is 30.3 Å². The van der Waals surface area contributed by atoms with Crippen LogP contribution in [0.25, 0.3) is 11.1 Å². The molecule has 1 aliphatic heterocycles. The van der Waals surface area contributed by atoms with Crippen LogP contribution in [0.4, 0.5) is 8.78 Å². The van der Waals surface area contributed by atoms with Gasteiger partial charge in [-0.1, -0.05) is 30.3 Å². The van der Waals surface area contributed by atoms with E-state index in [1.165, 1.54) is 0 Å². The molecule has 3 aromatic rings. The Labute approximate surface area is 162 Å². The summed E-state index contributed by atoms with van der Waals surface area (Å²) < 4.78 is 29.6. The SMILES string of the molecule is O=c1c(-c2cc(F)ccc2F)cccn1C(CN1CCCC1)c1ccccc1. The fourth-order valence-corrected chi connectivity index (χ4v) is 3.90. The molecule has 0 radical (unpaired) electrons. The molecule has 1 unspecified atom stereocenters. The van der Waals surface area contributed by atoms with Crippen LogP contribution in [-0.4, -0.2) is 29.1 Å². The van der Waals surface area contributed by atoms with Gasteiger partial charge in [0.15, 0.2) is 0 Å². The van der Waals surface area contributed by atoms with Crippen molar-refractivity contribution in [2.75, 3.05) is 19.6 Å². The van der Waals surface area contributed by atoms with E-state index in [0.717, 1.165) is 49.7 Å². The molecular formula is C23H22F2N2O. The highest BCUT2D eigenvalue weighted by Crippen LogP contribution is 2.24. The summed E-state index contributed by atoms with van der Waals surface area (Å²) in [5.41, 5.74) is 0.864. The minimum absolute atomic E-state index is 0.00710. The number of aromatic nitrogens is 1. The zero-order valence-electron chi connectivity index (χ0n) is 15.5. The average molecular weight is 380 g/mol. The summed E-state index contributed by atoms with van der Waals surface area (Å²) in [6, 6.07) is 16.1. The first-order valence-corrected chi connectivity index (χ1v) is 9.57. The molecule has 3 nitrogen and oxygen atoms in total. The zero-order chi connectivity index (χ0) is 19.5. The molecule has 4 rings (SSSR count). The molecule has 1 fully saturated rings. The number of likely N-dealkylation sites (tertiary alicyclic amines) is 1. The first-order valence-electron chi connectivity index (χ1n) is 9.57. The fraction of sp³-hybridized carbons (Fsp3) is 0.261. The van der Waals surface area contributed by atoms with Crippen LogP contribution in [0.1, 0.15) is 24.4 Å². The molecule has 0 aliphatic carbocycles. The third kappa shape index (κ3) is 3.76. The van der Waals surface area contributed by atoms with Gasteiger partial charge in [-0.05, 0) is 61.8 Å². The highest BCUT2D eigenvalue weighted by atomic mass is 19.1. The molecule has 144 valence electrons. The van der Waals surface area contributed by atoms with Crippen LogP contribution in [0.5, 0.6) is 0 Å². The van der Waals surface area contributed by atoms with E-state index in [4.69, 9.17) is 0 Å². The van der Waals surface area contributed by atoms with E-state index >= 15 is 0 Å². The van der Waals surface area contributed by atoms with Gasteiger partial charge in [0, 0.05) is 18.3 Å². The lowest BCUT2D eigenvalue weighted by molar-refractivity contribution is 0.295. The van der Waals surface area contributed by atoms with E-state index in [1.54, 1.807) is 22.9 Å². The van der Waals surface area contributed by atoms with Crippen LogP contribution in [-0.2, 0) is 0 Å². The molecule has 0 saturated carbocycles. The first-order chi connectivity index (χ1) is 13.6. The molecule has 0 amide bonds. The minimum atomic E-state index is -0.605. The molecule has 2 aromatic carbocycles. The molecule has 0 spiro atoms. The largest absolute Gasteiger partial charge is 0.306 e. The second-order valence-electron chi connectivity index (χ2n) is 7.19. The summed E-state index contributed by atoms with van der Waals surface area (Å²) in [6.07, 6.45) is 4.05. The van der Waals surface area contributed by atoms with Gasteiger partial charge in [-0.25, -0.2) is 8.78 Å². The highest BCUT2D eigenvalue weighted by molar-refractivity contribution is 5.63. The van der Waals surface area contributed by atoms with Crippen molar-refractivity contribution in [1.82, 2.24) is 9.47 Å². The van der Waals surface area contributed by atoms with E-state index in [0.29, 0.717) is 6.54 Å². The molecule has 1 aliphatic rings. The second kappa shape index (κ2) is 8.07. The van der Waals surface area contributed by atoms with Crippen molar-refractivity contribution in [3.63, 3.8) is 0 Å². The molecule has 28 heavy (non-hydrogen) atoms. The predicted molar refractivity (Wildman–Crippen MR) is 106 cm³/mol. The van der Waals surface area contributed by atoms with E-state index < -0.39 is 11.6 Å². The van der Waals surface area contributed by atoms with Crippen molar-refractivity contribution in [1.29, 1.82) is 0 Å². The average Bonchev–Trinajstić information content (AvgIpc) is 3.23. The second-order valence-corrected chi connectivity index (χ2v) is 7.19. The van der Waals surface area contributed by atoms with Crippen LogP contribution in [0.15, 0.2) is 71.7 Å². The topological polar surface area (TPSA) is 25.2 Å².